The third-order valence-electron chi connectivity index (χ3n) is 2.84. The quantitative estimate of drug-likeness (QED) is 0.547. The zero-order chi connectivity index (χ0) is 17.4. The second-order valence-corrected chi connectivity index (χ2v) is 7.43. The minimum Gasteiger partial charge on any atom is -0.258 e. The molecule has 0 bridgehead atoms. The Labute approximate surface area is 143 Å². The van der Waals surface area contributed by atoms with Crippen LogP contribution in [-0.4, -0.2) is 18.3 Å². The van der Waals surface area contributed by atoms with E-state index in [-0.39, 0.29) is 14.4 Å². The number of hydrogen-bond acceptors (Lipinski definition) is 6. The van der Waals surface area contributed by atoms with Gasteiger partial charge in [-0.15, -0.1) is 0 Å². The van der Waals surface area contributed by atoms with Crippen molar-refractivity contribution in [2.45, 2.75) is 9.79 Å². The Kier molecular flexibility index (Phi) is 4.68. The van der Waals surface area contributed by atoms with Crippen LogP contribution in [0.15, 0.2) is 50.7 Å². The predicted molar refractivity (Wildman–Crippen MR) is 84.4 cm³/mol. The van der Waals surface area contributed by atoms with E-state index in [0.717, 1.165) is 30.3 Å². The highest BCUT2D eigenvalue weighted by molar-refractivity contribution is 9.10. The molecule has 0 aliphatic rings. The van der Waals surface area contributed by atoms with Gasteiger partial charge in [-0.1, -0.05) is 11.6 Å². The number of halogens is 2. The number of sulfone groups is 1. The molecule has 0 spiro atoms. The van der Waals surface area contributed by atoms with Crippen molar-refractivity contribution in [1.29, 1.82) is 0 Å². The fourth-order valence-electron chi connectivity index (χ4n) is 1.74. The van der Waals surface area contributed by atoms with Gasteiger partial charge in [0.15, 0.2) is 0 Å². The molecule has 2 aromatic carbocycles. The number of non-ortho nitro benzene ring substituents is 1. The molecule has 2 rings (SSSR count). The summed E-state index contributed by atoms with van der Waals surface area (Å²) in [6.45, 7) is 0. The van der Waals surface area contributed by atoms with Gasteiger partial charge in [0.2, 0.25) is 9.84 Å². The lowest BCUT2D eigenvalue weighted by Crippen LogP contribution is -2.05. The summed E-state index contributed by atoms with van der Waals surface area (Å²) < 4.78 is 25.3. The molecule has 0 aliphatic carbocycles. The van der Waals surface area contributed by atoms with Gasteiger partial charge >= 0.3 is 0 Å². The zero-order valence-corrected chi connectivity index (χ0v) is 14.1. The number of rotatable bonds is 4. The maximum atomic E-state index is 12.6. The third-order valence-corrected chi connectivity index (χ3v) is 5.90. The third kappa shape index (κ3) is 3.33. The number of benzene rings is 2. The van der Waals surface area contributed by atoms with E-state index in [1.54, 1.807) is 0 Å². The van der Waals surface area contributed by atoms with Crippen molar-refractivity contribution in [2.75, 3.05) is 0 Å². The first kappa shape index (κ1) is 17.3. The number of nitro groups is 2. The largest absolute Gasteiger partial charge is 0.289 e. The summed E-state index contributed by atoms with van der Waals surface area (Å²) in [7, 11) is -4.21. The Morgan fingerprint density at radius 1 is 1.00 bits per heavy atom. The molecule has 23 heavy (non-hydrogen) atoms. The highest BCUT2D eigenvalue weighted by atomic mass is 79.9. The zero-order valence-electron chi connectivity index (χ0n) is 11.0. The van der Waals surface area contributed by atoms with E-state index in [1.165, 1.54) is 6.07 Å². The van der Waals surface area contributed by atoms with Gasteiger partial charge in [-0.25, -0.2) is 8.42 Å². The molecule has 0 fully saturated rings. The van der Waals surface area contributed by atoms with Crippen LogP contribution >= 0.6 is 27.5 Å². The maximum Gasteiger partial charge on any atom is 0.289 e. The van der Waals surface area contributed by atoms with E-state index >= 15 is 0 Å². The summed E-state index contributed by atoms with van der Waals surface area (Å²) in [5, 5.41) is 21.5. The Balaban J connectivity index is 2.68. The predicted octanol–water partition coefficient (Wildman–Crippen LogP) is 3.75. The monoisotopic (exact) mass is 420 g/mol. The normalized spacial score (nSPS) is 11.2. The van der Waals surface area contributed by atoms with E-state index in [4.69, 9.17) is 11.6 Å². The summed E-state index contributed by atoms with van der Waals surface area (Å²) >= 11 is 8.66. The lowest BCUT2D eigenvalue weighted by atomic mass is 10.3. The van der Waals surface area contributed by atoms with E-state index in [1.807, 2.05) is 0 Å². The van der Waals surface area contributed by atoms with Crippen molar-refractivity contribution in [3.63, 3.8) is 0 Å². The minimum absolute atomic E-state index is 0.0979. The fourth-order valence-corrected chi connectivity index (χ4v) is 4.18. The fraction of sp³-hybridized carbons (Fsp3) is 0. The summed E-state index contributed by atoms with van der Waals surface area (Å²) in [5.41, 5.74) is -0.996. The Morgan fingerprint density at radius 2 is 1.65 bits per heavy atom. The Bertz CT molecular complexity index is 931. The van der Waals surface area contributed by atoms with Crippen molar-refractivity contribution in [3.05, 3.63) is 66.1 Å². The van der Waals surface area contributed by atoms with Crippen LogP contribution in [-0.2, 0) is 9.84 Å². The van der Waals surface area contributed by atoms with Crippen LogP contribution in [0, 0.1) is 20.2 Å². The minimum atomic E-state index is -4.21. The van der Waals surface area contributed by atoms with E-state index in [9.17, 15) is 28.6 Å². The van der Waals surface area contributed by atoms with Crippen LogP contribution < -0.4 is 0 Å². The second-order valence-electron chi connectivity index (χ2n) is 4.25. The Hall–Kier alpha value is -2.04. The molecule has 0 amide bonds. The van der Waals surface area contributed by atoms with Crippen LogP contribution in [0.4, 0.5) is 11.4 Å². The first-order valence-electron chi connectivity index (χ1n) is 5.77. The molecule has 0 aliphatic heterocycles. The number of nitro benzene ring substituents is 2. The molecule has 0 saturated carbocycles. The molecule has 0 saturated heterocycles. The molecule has 0 heterocycles. The second kappa shape index (κ2) is 6.22. The number of hydrogen-bond donors (Lipinski definition) is 0. The van der Waals surface area contributed by atoms with Gasteiger partial charge < -0.3 is 0 Å². The highest BCUT2D eigenvalue weighted by Crippen LogP contribution is 2.34. The van der Waals surface area contributed by atoms with Gasteiger partial charge in [-0.3, -0.25) is 20.2 Å². The smallest absolute Gasteiger partial charge is 0.258 e. The molecule has 0 radical (unpaired) electrons. The van der Waals surface area contributed by atoms with Crippen LogP contribution in [0.5, 0.6) is 0 Å². The van der Waals surface area contributed by atoms with Crippen molar-refractivity contribution < 1.29 is 18.3 Å². The molecule has 8 nitrogen and oxygen atoms in total. The molecule has 2 aromatic rings. The summed E-state index contributed by atoms with van der Waals surface area (Å²) in [6.07, 6.45) is 0. The molecule has 0 aromatic heterocycles. The lowest BCUT2D eigenvalue weighted by molar-refractivity contribution is -0.385. The molecule has 11 heteroatoms. The molecular formula is C12H6BrClN2O6S. The highest BCUT2D eigenvalue weighted by Gasteiger charge is 2.26. The standard InChI is InChI=1S/C12H6BrClN2O6S/c13-9-3-1-7(15(17)18)5-12(9)23(21,22)8-2-4-10(14)11(6-8)16(19)20/h1-6H. The van der Waals surface area contributed by atoms with Crippen molar-refractivity contribution in [1.82, 2.24) is 0 Å². The summed E-state index contributed by atoms with van der Waals surface area (Å²) in [5.74, 6) is 0. The van der Waals surface area contributed by atoms with Gasteiger partial charge in [0, 0.05) is 22.7 Å². The maximum absolute atomic E-state index is 12.6. The SMILES string of the molecule is O=[N+]([O-])c1ccc(Br)c(S(=O)(=O)c2ccc(Cl)c([N+](=O)[O-])c2)c1. The average Bonchev–Trinajstić information content (AvgIpc) is 2.47. The van der Waals surface area contributed by atoms with Crippen molar-refractivity contribution in [3.8, 4) is 0 Å². The topological polar surface area (TPSA) is 120 Å². The van der Waals surface area contributed by atoms with Crippen LogP contribution in [0.3, 0.4) is 0 Å². The van der Waals surface area contributed by atoms with E-state index in [2.05, 4.69) is 15.9 Å². The molecule has 0 atom stereocenters. The van der Waals surface area contributed by atoms with Crippen molar-refractivity contribution in [2.24, 2.45) is 0 Å². The average molecular weight is 422 g/mol. The van der Waals surface area contributed by atoms with Crippen LogP contribution in [0.1, 0.15) is 0 Å². The molecule has 0 N–H and O–H groups in total. The first-order chi connectivity index (χ1) is 10.6. The van der Waals surface area contributed by atoms with E-state index in [0.29, 0.717) is 0 Å². The number of nitrogens with zero attached hydrogens (tertiary/aromatic N) is 2. The summed E-state index contributed by atoms with van der Waals surface area (Å²) in [4.78, 5) is 19.4. The van der Waals surface area contributed by atoms with Crippen molar-refractivity contribution >= 4 is 48.7 Å². The van der Waals surface area contributed by atoms with Gasteiger partial charge in [-0.05, 0) is 34.1 Å². The van der Waals surface area contributed by atoms with Gasteiger partial charge in [-0.2, -0.15) is 0 Å². The first-order valence-corrected chi connectivity index (χ1v) is 8.43. The lowest BCUT2D eigenvalue weighted by Gasteiger charge is -2.07. The Morgan fingerprint density at radius 3 is 2.22 bits per heavy atom. The molecular weight excluding hydrogens is 416 g/mol. The van der Waals surface area contributed by atoms with Crippen LogP contribution in [0.25, 0.3) is 0 Å². The van der Waals surface area contributed by atoms with E-state index < -0.39 is 36.0 Å². The molecule has 0 unspecified atom stereocenters. The van der Waals surface area contributed by atoms with Gasteiger partial charge in [0.05, 0.1) is 19.6 Å². The summed E-state index contributed by atoms with van der Waals surface area (Å²) in [6, 6.07) is 6.21. The van der Waals surface area contributed by atoms with Crippen LogP contribution in [0.2, 0.25) is 5.02 Å². The van der Waals surface area contributed by atoms with Gasteiger partial charge in [0.1, 0.15) is 5.02 Å². The molecule has 120 valence electrons. The van der Waals surface area contributed by atoms with Gasteiger partial charge in [0.25, 0.3) is 11.4 Å².